The molecule has 0 aromatic rings. The van der Waals surface area contributed by atoms with Crippen LogP contribution in [0.25, 0.3) is 0 Å². The Hall–Kier alpha value is 0.470. The number of rotatable bonds is 0. The summed E-state index contributed by atoms with van der Waals surface area (Å²) < 4.78 is 8.74. The van der Waals surface area contributed by atoms with Crippen molar-refractivity contribution >= 4 is 33.1 Å². The molecule has 0 aliphatic rings. The standard InChI is InChI=1S/C2H4.2ClH.H3O3P/c1-2;;;1-4(2)3/h1-2H2;2*1H;4H,(H2,1,2,3). The highest BCUT2D eigenvalue weighted by molar-refractivity contribution is 7.30. The first-order valence-corrected chi connectivity index (χ1v) is 2.45. The van der Waals surface area contributed by atoms with E-state index in [1.165, 1.54) is 0 Å². The maximum absolute atomic E-state index is 8.74. The van der Waals surface area contributed by atoms with Crippen LogP contribution in [0.2, 0.25) is 0 Å². The third-order valence-corrected chi connectivity index (χ3v) is 0. The van der Waals surface area contributed by atoms with Crippen LogP contribution in [0.5, 0.6) is 0 Å². The molecule has 0 aliphatic heterocycles. The predicted octanol–water partition coefficient (Wildman–Crippen LogP) is 1.01. The van der Waals surface area contributed by atoms with Crippen LogP contribution in [0.3, 0.4) is 0 Å². The fraction of sp³-hybridized carbons (Fsp3) is 0. The fourth-order valence-electron chi connectivity index (χ4n) is 0. The molecule has 0 fully saturated rings. The van der Waals surface area contributed by atoms with E-state index in [1.807, 2.05) is 0 Å². The predicted molar refractivity (Wildman–Crippen MR) is 39.2 cm³/mol. The van der Waals surface area contributed by atoms with Crippen molar-refractivity contribution in [2.24, 2.45) is 0 Å². The highest BCUT2D eigenvalue weighted by Gasteiger charge is 1.61. The Balaban J connectivity index is -0.0000000183. The molecule has 0 saturated heterocycles. The van der Waals surface area contributed by atoms with Gasteiger partial charge < -0.3 is 9.79 Å². The van der Waals surface area contributed by atoms with Crippen molar-refractivity contribution in [2.75, 3.05) is 0 Å². The molecule has 0 atom stereocenters. The van der Waals surface area contributed by atoms with E-state index in [2.05, 4.69) is 13.2 Å². The lowest BCUT2D eigenvalue weighted by Gasteiger charge is -1.61. The third kappa shape index (κ3) is 876. The van der Waals surface area contributed by atoms with Gasteiger partial charge in [0.15, 0.2) is 0 Å². The quantitative estimate of drug-likeness (QED) is 0.435. The van der Waals surface area contributed by atoms with Crippen LogP contribution in [0.4, 0.5) is 0 Å². The molecule has 0 amide bonds. The molecule has 0 heterocycles. The van der Waals surface area contributed by atoms with Crippen LogP contribution in [-0.4, -0.2) is 9.79 Å². The van der Waals surface area contributed by atoms with Crippen molar-refractivity contribution in [3.8, 4) is 0 Å². The number of halogens is 2. The molecular formula is C2H9Cl2O3P. The Kier molecular flexibility index (Phi) is 76.8. The molecule has 0 saturated carbocycles. The van der Waals surface area contributed by atoms with E-state index in [9.17, 15) is 0 Å². The fourth-order valence-corrected chi connectivity index (χ4v) is 0. The molecule has 0 unspecified atom stereocenters. The summed E-state index contributed by atoms with van der Waals surface area (Å²) in [6.45, 7) is 6.00. The molecule has 0 bridgehead atoms. The van der Waals surface area contributed by atoms with Crippen LogP contribution in [0, 0.1) is 0 Å². The van der Waals surface area contributed by atoms with Crippen molar-refractivity contribution in [2.45, 2.75) is 0 Å². The molecule has 8 heavy (non-hydrogen) atoms. The Morgan fingerprint density at radius 1 is 1.12 bits per heavy atom. The first-order valence-electron chi connectivity index (χ1n) is 1.15. The van der Waals surface area contributed by atoms with E-state index in [-0.39, 0.29) is 24.8 Å². The molecule has 3 nitrogen and oxygen atoms in total. The average Bonchev–Trinajstić information content (AvgIpc) is 1.41. The highest BCUT2D eigenvalue weighted by atomic mass is 35.5. The summed E-state index contributed by atoms with van der Waals surface area (Å²) in [6, 6.07) is 0. The second kappa shape index (κ2) is 26.0. The molecule has 0 aliphatic carbocycles. The van der Waals surface area contributed by atoms with Crippen molar-refractivity contribution in [3.05, 3.63) is 13.2 Å². The molecular weight excluding hydrogens is 174 g/mol. The van der Waals surface area contributed by atoms with E-state index in [0.717, 1.165) is 0 Å². The second-order valence-electron chi connectivity index (χ2n) is 0.283. The maximum Gasteiger partial charge on any atom is 0.314 e. The van der Waals surface area contributed by atoms with Crippen molar-refractivity contribution in [1.29, 1.82) is 0 Å². The maximum atomic E-state index is 8.74. The summed E-state index contributed by atoms with van der Waals surface area (Å²) in [7, 11) is -3.13. The zero-order valence-corrected chi connectivity index (χ0v) is 6.67. The zero-order valence-electron chi connectivity index (χ0n) is 4.03. The second-order valence-corrected chi connectivity index (χ2v) is 0.848. The van der Waals surface area contributed by atoms with Crippen LogP contribution in [-0.2, 0) is 4.57 Å². The van der Waals surface area contributed by atoms with E-state index >= 15 is 0 Å². The van der Waals surface area contributed by atoms with Gasteiger partial charge in [0.25, 0.3) is 0 Å². The summed E-state index contributed by atoms with van der Waals surface area (Å²) in [5, 5.41) is 0. The van der Waals surface area contributed by atoms with Gasteiger partial charge in [-0.1, -0.05) is 0 Å². The molecule has 0 spiro atoms. The van der Waals surface area contributed by atoms with Crippen LogP contribution in [0.1, 0.15) is 0 Å². The lowest BCUT2D eigenvalue weighted by atomic mass is 11.3. The zero-order chi connectivity index (χ0) is 5.58. The van der Waals surface area contributed by atoms with Crippen molar-refractivity contribution in [3.63, 3.8) is 0 Å². The smallest absolute Gasteiger partial charge is 0.314 e. The molecule has 0 aromatic carbocycles. The van der Waals surface area contributed by atoms with E-state index in [0.29, 0.717) is 0 Å². The van der Waals surface area contributed by atoms with Gasteiger partial charge in [-0.05, 0) is 0 Å². The number of hydrogen-bond acceptors (Lipinski definition) is 1. The Labute approximate surface area is 61.2 Å². The van der Waals surface area contributed by atoms with Crippen LogP contribution < -0.4 is 0 Å². The molecule has 0 radical (unpaired) electrons. The molecule has 0 rings (SSSR count). The normalized spacial score (nSPS) is 4.88. The van der Waals surface area contributed by atoms with Crippen LogP contribution >= 0.6 is 33.1 Å². The van der Waals surface area contributed by atoms with Gasteiger partial charge in [0.2, 0.25) is 0 Å². The molecule has 54 valence electrons. The van der Waals surface area contributed by atoms with Gasteiger partial charge >= 0.3 is 8.25 Å². The number of hydrogen-bond donors (Lipinski definition) is 2. The summed E-state index contributed by atoms with van der Waals surface area (Å²) >= 11 is 0. The summed E-state index contributed by atoms with van der Waals surface area (Å²) in [6.07, 6.45) is 0. The summed E-state index contributed by atoms with van der Waals surface area (Å²) in [5.41, 5.74) is 0. The van der Waals surface area contributed by atoms with Gasteiger partial charge in [-0.2, -0.15) is 0 Å². The lowest BCUT2D eigenvalue weighted by molar-refractivity contribution is 0.405. The highest BCUT2D eigenvalue weighted by Crippen LogP contribution is 1.98. The van der Waals surface area contributed by atoms with E-state index in [4.69, 9.17) is 14.4 Å². The van der Waals surface area contributed by atoms with Crippen LogP contribution in [0.15, 0.2) is 13.2 Å². The van der Waals surface area contributed by atoms with Crippen molar-refractivity contribution < 1.29 is 14.4 Å². The van der Waals surface area contributed by atoms with E-state index in [1.54, 1.807) is 0 Å². The summed E-state index contributed by atoms with van der Waals surface area (Å²) in [5.74, 6) is 0. The Morgan fingerprint density at radius 3 is 1.12 bits per heavy atom. The van der Waals surface area contributed by atoms with Crippen molar-refractivity contribution in [1.82, 2.24) is 0 Å². The molecule has 6 heteroatoms. The average molecular weight is 183 g/mol. The largest absolute Gasteiger partial charge is 0.326 e. The lowest BCUT2D eigenvalue weighted by Crippen LogP contribution is -1.38. The van der Waals surface area contributed by atoms with Gasteiger partial charge in [-0.3, -0.25) is 4.57 Å². The Morgan fingerprint density at radius 2 is 1.12 bits per heavy atom. The monoisotopic (exact) mass is 182 g/mol. The minimum atomic E-state index is -3.13. The SMILES string of the molecule is C=C.Cl.Cl.O=[PH](O)O. The summed E-state index contributed by atoms with van der Waals surface area (Å²) in [4.78, 5) is 14.3. The first-order chi connectivity index (χ1) is 2.73. The minimum Gasteiger partial charge on any atom is -0.326 e. The topological polar surface area (TPSA) is 57.5 Å². The van der Waals surface area contributed by atoms with Gasteiger partial charge in [-0.15, -0.1) is 38.0 Å². The van der Waals surface area contributed by atoms with Gasteiger partial charge in [0, 0.05) is 0 Å². The minimum absolute atomic E-state index is 0. The first kappa shape index (κ1) is 23.7. The van der Waals surface area contributed by atoms with Gasteiger partial charge in [0.05, 0.1) is 0 Å². The van der Waals surface area contributed by atoms with E-state index < -0.39 is 8.25 Å². The molecule has 2 N–H and O–H groups in total. The third-order valence-electron chi connectivity index (χ3n) is 0. The van der Waals surface area contributed by atoms with Gasteiger partial charge in [-0.25, -0.2) is 0 Å². The van der Waals surface area contributed by atoms with Gasteiger partial charge in [0.1, 0.15) is 0 Å². The molecule has 0 aromatic heterocycles. The Bertz CT molecular complexity index is 46.5.